The summed E-state index contributed by atoms with van der Waals surface area (Å²) in [5, 5.41) is 8.09. The normalized spacial score (nSPS) is 11.4. The highest BCUT2D eigenvalue weighted by molar-refractivity contribution is 9.10. The summed E-state index contributed by atoms with van der Waals surface area (Å²) in [6, 6.07) is 7.32. The van der Waals surface area contributed by atoms with Gasteiger partial charge < -0.3 is 11.1 Å². The van der Waals surface area contributed by atoms with Crippen LogP contribution in [0.5, 0.6) is 0 Å². The Kier molecular flexibility index (Phi) is 4.22. The number of nitrogens with two attached hydrogens (primary N) is 2. The number of sulfonamides is 1. The van der Waals surface area contributed by atoms with E-state index in [1.807, 2.05) is 0 Å². The van der Waals surface area contributed by atoms with Crippen LogP contribution in [0.25, 0.3) is 0 Å². The number of rotatable bonds is 3. The van der Waals surface area contributed by atoms with Gasteiger partial charge in [-0.2, -0.15) is 0 Å². The molecule has 112 valence electrons. The third kappa shape index (κ3) is 3.52. The molecule has 0 amide bonds. The molecule has 0 aromatic heterocycles. The number of nitrogens with one attached hydrogen (secondary N) is 1. The summed E-state index contributed by atoms with van der Waals surface area (Å²) in [5.74, 6) is -0.437. The maximum absolute atomic E-state index is 13.5. The average Bonchev–Trinajstić information content (AvgIpc) is 2.36. The molecule has 0 aliphatic heterocycles. The highest BCUT2D eigenvalue weighted by Gasteiger charge is 2.16. The first kappa shape index (κ1) is 15.7. The van der Waals surface area contributed by atoms with E-state index in [0.717, 1.165) is 0 Å². The van der Waals surface area contributed by atoms with Crippen molar-refractivity contribution in [3.05, 3.63) is 46.2 Å². The Labute approximate surface area is 130 Å². The molecule has 0 saturated heterocycles. The molecule has 21 heavy (non-hydrogen) atoms. The van der Waals surface area contributed by atoms with Crippen molar-refractivity contribution in [1.82, 2.24) is 0 Å². The first-order valence-electron chi connectivity index (χ1n) is 5.83. The summed E-state index contributed by atoms with van der Waals surface area (Å²) in [4.78, 5) is -0.0671. The van der Waals surface area contributed by atoms with Gasteiger partial charge in [-0.15, -0.1) is 0 Å². The number of hydrogen-bond acceptors (Lipinski definition) is 4. The summed E-state index contributed by atoms with van der Waals surface area (Å²) in [7, 11) is -3.89. The molecule has 8 heteroatoms. The fourth-order valence-electron chi connectivity index (χ4n) is 1.86. The topological polar surface area (TPSA) is 98.2 Å². The molecule has 0 fully saturated rings. The van der Waals surface area contributed by atoms with E-state index in [0.29, 0.717) is 21.4 Å². The summed E-state index contributed by atoms with van der Waals surface area (Å²) in [6.07, 6.45) is 0. The summed E-state index contributed by atoms with van der Waals surface area (Å²) < 4.78 is 36.9. The van der Waals surface area contributed by atoms with Crippen LogP contribution >= 0.6 is 15.9 Å². The number of benzene rings is 2. The molecule has 5 nitrogen and oxygen atoms in total. The standard InChI is InChI=1S/C13H13BrFN3O2S/c1-7-12(4-8(16)5-13(7)21(17,19)20)18-9-2-3-10(14)11(15)6-9/h2-6,18H,16H2,1H3,(H2,17,19,20). The lowest BCUT2D eigenvalue weighted by Gasteiger charge is -2.14. The maximum atomic E-state index is 13.5. The van der Waals surface area contributed by atoms with Crippen molar-refractivity contribution >= 4 is 43.0 Å². The van der Waals surface area contributed by atoms with Gasteiger partial charge in [0.1, 0.15) is 5.82 Å². The van der Waals surface area contributed by atoms with Gasteiger partial charge in [0.2, 0.25) is 10.0 Å². The lowest BCUT2D eigenvalue weighted by Crippen LogP contribution is -2.15. The predicted molar refractivity (Wildman–Crippen MR) is 84.3 cm³/mol. The van der Waals surface area contributed by atoms with Crippen molar-refractivity contribution in [3.63, 3.8) is 0 Å². The number of primary sulfonamides is 1. The van der Waals surface area contributed by atoms with Crippen molar-refractivity contribution in [2.45, 2.75) is 11.8 Å². The minimum absolute atomic E-state index is 0.0671. The quantitative estimate of drug-likeness (QED) is 0.720. The third-order valence-electron chi connectivity index (χ3n) is 2.89. The van der Waals surface area contributed by atoms with Crippen molar-refractivity contribution in [2.75, 3.05) is 11.1 Å². The number of hydrogen-bond donors (Lipinski definition) is 3. The molecule has 0 radical (unpaired) electrons. The summed E-state index contributed by atoms with van der Waals surface area (Å²) in [5.41, 5.74) is 7.25. The van der Waals surface area contributed by atoms with E-state index in [1.54, 1.807) is 25.1 Å². The Morgan fingerprint density at radius 2 is 1.90 bits per heavy atom. The predicted octanol–water partition coefficient (Wildman–Crippen LogP) is 2.87. The van der Waals surface area contributed by atoms with Gasteiger partial charge in [0.05, 0.1) is 9.37 Å². The average molecular weight is 374 g/mol. The van der Waals surface area contributed by atoms with Crippen molar-refractivity contribution in [3.8, 4) is 0 Å². The van der Waals surface area contributed by atoms with E-state index in [4.69, 9.17) is 10.9 Å². The Morgan fingerprint density at radius 1 is 1.24 bits per heavy atom. The number of anilines is 3. The number of halogens is 2. The zero-order chi connectivity index (χ0) is 15.8. The van der Waals surface area contributed by atoms with Crippen LogP contribution in [0, 0.1) is 12.7 Å². The molecule has 0 atom stereocenters. The van der Waals surface area contributed by atoms with E-state index < -0.39 is 15.8 Å². The van der Waals surface area contributed by atoms with Gasteiger partial charge in [-0.25, -0.2) is 17.9 Å². The number of nitrogen functional groups attached to an aromatic ring is 1. The first-order valence-corrected chi connectivity index (χ1v) is 8.17. The summed E-state index contributed by atoms with van der Waals surface area (Å²) >= 11 is 3.06. The molecule has 0 spiro atoms. The zero-order valence-corrected chi connectivity index (χ0v) is 13.4. The van der Waals surface area contributed by atoms with Crippen LogP contribution < -0.4 is 16.2 Å². The van der Waals surface area contributed by atoms with Crippen LogP contribution in [0.1, 0.15) is 5.56 Å². The van der Waals surface area contributed by atoms with Gasteiger partial charge in [-0.05, 0) is 58.7 Å². The molecule has 2 aromatic carbocycles. The fourth-order valence-corrected chi connectivity index (χ4v) is 2.95. The Bertz CT molecular complexity index is 809. The van der Waals surface area contributed by atoms with Crippen molar-refractivity contribution in [2.24, 2.45) is 5.14 Å². The Hall–Kier alpha value is -1.64. The second kappa shape index (κ2) is 5.63. The Morgan fingerprint density at radius 3 is 2.48 bits per heavy atom. The largest absolute Gasteiger partial charge is 0.399 e. The van der Waals surface area contributed by atoms with Crippen LogP contribution in [0.2, 0.25) is 0 Å². The van der Waals surface area contributed by atoms with Gasteiger partial charge in [0.15, 0.2) is 0 Å². The lowest BCUT2D eigenvalue weighted by molar-refractivity contribution is 0.597. The van der Waals surface area contributed by atoms with Crippen LogP contribution in [-0.4, -0.2) is 8.42 Å². The zero-order valence-electron chi connectivity index (χ0n) is 11.0. The van der Waals surface area contributed by atoms with Gasteiger partial charge in [-0.3, -0.25) is 0 Å². The van der Waals surface area contributed by atoms with Crippen molar-refractivity contribution in [1.29, 1.82) is 0 Å². The van der Waals surface area contributed by atoms with Crippen LogP contribution in [-0.2, 0) is 10.0 Å². The maximum Gasteiger partial charge on any atom is 0.238 e. The van der Waals surface area contributed by atoms with Crippen LogP contribution in [0.4, 0.5) is 21.5 Å². The van der Waals surface area contributed by atoms with Gasteiger partial charge in [0, 0.05) is 17.1 Å². The molecular weight excluding hydrogens is 361 g/mol. The van der Waals surface area contributed by atoms with Crippen LogP contribution in [0.15, 0.2) is 39.7 Å². The third-order valence-corrected chi connectivity index (χ3v) is 4.57. The minimum atomic E-state index is -3.89. The van der Waals surface area contributed by atoms with Crippen molar-refractivity contribution < 1.29 is 12.8 Å². The molecule has 0 unspecified atom stereocenters. The van der Waals surface area contributed by atoms with Gasteiger partial charge >= 0.3 is 0 Å². The lowest BCUT2D eigenvalue weighted by atomic mass is 10.1. The molecule has 2 rings (SSSR count). The smallest absolute Gasteiger partial charge is 0.238 e. The SMILES string of the molecule is Cc1c(Nc2ccc(Br)c(F)c2)cc(N)cc1S(N)(=O)=O. The molecule has 0 aliphatic carbocycles. The van der Waals surface area contributed by atoms with E-state index >= 15 is 0 Å². The second-order valence-electron chi connectivity index (χ2n) is 4.49. The molecule has 0 saturated carbocycles. The molecular formula is C13H13BrFN3O2S. The Balaban J connectivity index is 2.49. The van der Waals surface area contributed by atoms with E-state index in [9.17, 15) is 12.8 Å². The molecule has 2 aromatic rings. The monoisotopic (exact) mass is 373 g/mol. The van der Waals surface area contributed by atoms with Gasteiger partial charge in [0.25, 0.3) is 0 Å². The van der Waals surface area contributed by atoms with Crippen LogP contribution in [0.3, 0.4) is 0 Å². The minimum Gasteiger partial charge on any atom is -0.399 e. The molecule has 5 N–H and O–H groups in total. The van der Waals surface area contributed by atoms with E-state index in [-0.39, 0.29) is 10.6 Å². The molecule has 0 bridgehead atoms. The van der Waals surface area contributed by atoms with E-state index in [2.05, 4.69) is 21.2 Å². The fraction of sp³-hybridized carbons (Fsp3) is 0.0769. The highest BCUT2D eigenvalue weighted by Crippen LogP contribution is 2.29. The summed E-state index contributed by atoms with van der Waals surface area (Å²) in [6.45, 7) is 1.59. The molecule has 0 aliphatic rings. The van der Waals surface area contributed by atoms with Gasteiger partial charge in [-0.1, -0.05) is 0 Å². The highest BCUT2D eigenvalue weighted by atomic mass is 79.9. The first-order chi connectivity index (χ1) is 9.68. The molecule has 0 heterocycles. The van der Waals surface area contributed by atoms with E-state index in [1.165, 1.54) is 12.1 Å². The second-order valence-corrected chi connectivity index (χ2v) is 6.87.